The summed E-state index contributed by atoms with van der Waals surface area (Å²) >= 11 is 0. The van der Waals surface area contributed by atoms with Gasteiger partial charge in [-0.3, -0.25) is 0 Å². The minimum atomic E-state index is -0.419. The number of hydrogen-bond acceptors (Lipinski definition) is 2. The first-order valence-corrected chi connectivity index (χ1v) is 5.63. The molecule has 2 atom stereocenters. The van der Waals surface area contributed by atoms with Crippen LogP contribution in [0.5, 0.6) is 0 Å². The predicted octanol–water partition coefficient (Wildman–Crippen LogP) is 2.42. The van der Waals surface area contributed by atoms with Crippen molar-refractivity contribution in [1.29, 1.82) is 0 Å². The molecule has 0 aliphatic carbocycles. The summed E-state index contributed by atoms with van der Waals surface area (Å²) in [7, 11) is 0. The van der Waals surface area contributed by atoms with Crippen molar-refractivity contribution in [1.82, 2.24) is 5.32 Å². The Morgan fingerprint density at radius 1 is 1.27 bits per heavy atom. The van der Waals surface area contributed by atoms with Gasteiger partial charge in [0.05, 0.1) is 6.10 Å². The van der Waals surface area contributed by atoms with Crippen molar-refractivity contribution in [2.24, 2.45) is 0 Å². The van der Waals surface area contributed by atoms with Gasteiger partial charge in [-0.2, -0.15) is 0 Å². The van der Waals surface area contributed by atoms with Gasteiger partial charge in [0, 0.05) is 6.04 Å². The van der Waals surface area contributed by atoms with E-state index in [2.05, 4.69) is 19.2 Å². The molecule has 1 aromatic rings. The fourth-order valence-electron chi connectivity index (χ4n) is 1.54. The van der Waals surface area contributed by atoms with Crippen LogP contribution < -0.4 is 5.32 Å². The van der Waals surface area contributed by atoms with Gasteiger partial charge in [-0.15, -0.1) is 0 Å². The first-order chi connectivity index (χ1) is 7.15. The zero-order valence-electron chi connectivity index (χ0n) is 9.83. The van der Waals surface area contributed by atoms with Crippen LogP contribution in [0, 0.1) is 6.92 Å². The molecular weight excluding hydrogens is 186 g/mol. The largest absolute Gasteiger partial charge is 0.387 e. The van der Waals surface area contributed by atoms with E-state index < -0.39 is 6.10 Å². The highest BCUT2D eigenvalue weighted by Gasteiger charge is 2.14. The molecule has 15 heavy (non-hydrogen) atoms. The summed E-state index contributed by atoms with van der Waals surface area (Å²) < 4.78 is 0. The lowest BCUT2D eigenvalue weighted by atomic mass is 10.0. The lowest BCUT2D eigenvalue weighted by Crippen LogP contribution is -2.32. The molecule has 0 saturated carbocycles. The van der Waals surface area contributed by atoms with Crippen molar-refractivity contribution in [3.63, 3.8) is 0 Å². The Kier molecular flexibility index (Phi) is 4.79. The molecule has 0 fully saturated rings. The van der Waals surface area contributed by atoms with Gasteiger partial charge in [0.1, 0.15) is 0 Å². The van der Waals surface area contributed by atoms with Gasteiger partial charge >= 0.3 is 0 Å². The molecule has 2 heteroatoms. The lowest BCUT2D eigenvalue weighted by molar-refractivity contribution is 0.136. The first kappa shape index (κ1) is 12.2. The van der Waals surface area contributed by atoms with Gasteiger partial charge < -0.3 is 10.4 Å². The van der Waals surface area contributed by atoms with Gasteiger partial charge in [-0.25, -0.2) is 0 Å². The van der Waals surface area contributed by atoms with Crippen molar-refractivity contribution < 1.29 is 5.11 Å². The van der Waals surface area contributed by atoms with E-state index in [1.54, 1.807) is 0 Å². The normalized spacial score (nSPS) is 14.9. The first-order valence-electron chi connectivity index (χ1n) is 5.63. The summed E-state index contributed by atoms with van der Waals surface area (Å²) in [5.74, 6) is 0. The molecule has 0 bridgehead atoms. The molecule has 0 aromatic heterocycles. The molecule has 2 N–H and O–H groups in total. The number of benzene rings is 1. The summed E-state index contributed by atoms with van der Waals surface area (Å²) in [6, 6.07) is 8.15. The highest BCUT2D eigenvalue weighted by atomic mass is 16.3. The minimum absolute atomic E-state index is 0.104. The minimum Gasteiger partial charge on any atom is -0.387 e. The molecule has 0 aliphatic heterocycles. The highest BCUT2D eigenvalue weighted by Crippen LogP contribution is 2.17. The second kappa shape index (κ2) is 5.89. The number of aliphatic hydroxyl groups excluding tert-OH is 1. The zero-order valence-corrected chi connectivity index (χ0v) is 9.83. The van der Waals surface area contributed by atoms with Gasteiger partial charge in [0.15, 0.2) is 0 Å². The molecule has 0 radical (unpaired) electrons. The Labute approximate surface area is 92.3 Å². The van der Waals surface area contributed by atoms with E-state index in [9.17, 15) is 5.11 Å². The van der Waals surface area contributed by atoms with Crippen molar-refractivity contribution >= 4 is 0 Å². The summed E-state index contributed by atoms with van der Waals surface area (Å²) in [6.07, 6.45) is 0.669. The van der Waals surface area contributed by atoms with E-state index in [4.69, 9.17) is 0 Å². The predicted molar refractivity (Wildman–Crippen MR) is 63.9 cm³/mol. The molecule has 0 saturated heterocycles. The van der Waals surface area contributed by atoms with E-state index in [1.165, 1.54) is 5.56 Å². The second-order valence-corrected chi connectivity index (χ2v) is 4.10. The molecule has 2 unspecified atom stereocenters. The summed E-state index contributed by atoms with van der Waals surface area (Å²) in [5, 5.41) is 13.3. The topological polar surface area (TPSA) is 32.3 Å². The van der Waals surface area contributed by atoms with Gasteiger partial charge in [0.25, 0.3) is 0 Å². The van der Waals surface area contributed by atoms with Gasteiger partial charge in [-0.1, -0.05) is 36.8 Å². The van der Waals surface area contributed by atoms with Crippen LogP contribution in [0.1, 0.15) is 37.5 Å². The number of hydrogen-bond donors (Lipinski definition) is 2. The number of rotatable bonds is 5. The smallest absolute Gasteiger partial charge is 0.0940 e. The SMILES string of the molecule is CCCNC(C)C(O)c1ccc(C)cc1. The van der Waals surface area contributed by atoms with Crippen LogP contribution in [0.15, 0.2) is 24.3 Å². The van der Waals surface area contributed by atoms with E-state index >= 15 is 0 Å². The summed E-state index contributed by atoms with van der Waals surface area (Å²) in [4.78, 5) is 0. The molecule has 1 rings (SSSR count). The van der Waals surface area contributed by atoms with E-state index in [1.807, 2.05) is 31.2 Å². The molecular formula is C13H21NO. The van der Waals surface area contributed by atoms with Crippen molar-refractivity contribution in [3.05, 3.63) is 35.4 Å². The maximum absolute atomic E-state index is 10.0. The molecule has 0 heterocycles. The molecule has 1 aromatic carbocycles. The fraction of sp³-hybridized carbons (Fsp3) is 0.538. The van der Waals surface area contributed by atoms with Crippen LogP contribution in [-0.4, -0.2) is 17.7 Å². The van der Waals surface area contributed by atoms with Crippen LogP contribution in [0.3, 0.4) is 0 Å². The Balaban J connectivity index is 2.59. The number of nitrogens with one attached hydrogen (secondary N) is 1. The van der Waals surface area contributed by atoms with Crippen LogP contribution in [0.4, 0.5) is 0 Å². The summed E-state index contributed by atoms with van der Waals surface area (Å²) in [6.45, 7) is 7.14. The Bertz CT molecular complexity index is 281. The Hall–Kier alpha value is -0.860. The highest BCUT2D eigenvalue weighted by molar-refractivity contribution is 5.23. The van der Waals surface area contributed by atoms with Gasteiger partial charge in [0.2, 0.25) is 0 Å². The molecule has 84 valence electrons. The molecule has 0 aliphatic rings. The molecule has 0 spiro atoms. The zero-order chi connectivity index (χ0) is 11.3. The Morgan fingerprint density at radius 2 is 1.87 bits per heavy atom. The number of aryl methyl sites for hydroxylation is 1. The average Bonchev–Trinajstić information content (AvgIpc) is 2.26. The quantitative estimate of drug-likeness (QED) is 0.777. The monoisotopic (exact) mass is 207 g/mol. The van der Waals surface area contributed by atoms with Crippen molar-refractivity contribution in [2.45, 2.75) is 39.3 Å². The van der Waals surface area contributed by atoms with Gasteiger partial charge in [-0.05, 0) is 32.4 Å². The van der Waals surface area contributed by atoms with Crippen molar-refractivity contribution in [2.75, 3.05) is 6.54 Å². The second-order valence-electron chi connectivity index (χ2n) is 4.10. The third-order valence-corrected chi connectivity index (χ3v) is 2.61. The third kappa shape index (κ3) is 3.65. The molecule has 2 nitrogen and oxygen atoms in total. The van der Waals surface area contributed by atoms with E-state index in [0.29, 0.717) is 0 Å². The fourth-order valence-corrected chi connectivity index (χ4v) is 1.54. The lowest BCUT2D eigenvalue weighted by Gasteiger charge is -2.20. The van der Waals surface area contributed by atoms with E-state index in [-0.39, 0.29) is 6.04 Å². The van der Waals surface area contributed by atoms with E-state index in [0.717, 1.165) is 18.5 Å². The van der Waals surface area contributed by atoms with Crippen LogP contribution in [0.25, 0.3) is 0 Å². The van der Waals surface area contributed by atoms with Crippen LogP contribution >= 0.6 is 0 Å². The van der Waals surface area contributed by atoms with Crippen molar-refractivity contribution in [3.8, 4) is 0 Å². The summed E-state index contributed by atoms with van der Waals surface area (Å²) in [5.41, 5.74) is 2.21. The van der Waals surface area contributed by atoms with Crippen LogP contribution in [0.2, 0.25) is 0 Å². The van der Waals surface area contributed by atoms with Crippen LogP contribution in [-0.2, 0) is 0 Å². The standard InChI is InChI=1S/C13H21NO/c1-4-9-14-11(3)13(15)12-7-5-10(2)6-8-12/h5-8,11,13-15H,4,9H2,1-3H3. The average molecular weight is 207 g/mol. The number of aliphatic hydroxyl groups is 1. The maximum atomic E-state index is 10.0. The third-order valence-electron chi connectivity index (χ3n) is 2.61. The Morgan fingerprint density at radius 3 is 2.40 bits per heavy atom. The maximum Gasteiger partial charge on any atom is 0.0940 e. The molecule has 0 amide bonds.